The molecule has 0 aromatic heterocycles. The molecular formula is C16H11Cl2FO3S. The molecule has 0 heterocycles. The van der Waals surface area contributed by atoms with Crippen molar-refractivity contribution in [3.8, 4) is 0 Å². The number of halogens is 3. The highest BCUT2D eigenvalue weighted by Gasteiger charge is 2.14. The number of benzene rings is 2. The van der Waals surface area contributed by atoms with Crippen molar-refractivity contribution < 1.29 is 18.7 Å². The Bertz CT molecular complexity index is 737. The maximum Gasteiger partial charge on any atom is 0.316 e. The molecule has 2 rings (SSSR count). The molecule has 0 unspecified atom stereocenters. The molecule has 0 amide bonds. The first kappa shape index (κ1) is 17.8. The van der Waals surface area contributed by atoms with Crippen LogP contribution in [0.15, 0.2) is 47.4 Å². The summed E-state index contributed by atoms with van der Waals surface area (Å²) in [6, 6.07) is 10.4. The van der Waals surface area contributed by atoms with E-state index in [1.807, 2.05) is 0 Å². The van der Waals surface area contributed by atoms with Crippen molar-refractivity contribution in [2.24, 2.45) is 0 Å². The van der Waals surface area contributed by atoms with Crippen molar-refractivity contribution >= 4 is 46.7 Å². The second-order valence-electron chi connectivity index (χ2n) is 4.43. The van der Waals surface area contributed by atoms with Crippen molar-refractivity contribution in [2.45, 2.75) is 4.90 Å². The smallest absolute Gasteiger partial charge is 0.316 e. The van der Waals surface area contributed by atoms with Crippen molar-refractivity contribution in [1.29, 1.82) is 0 Å². The summed E-state index contributed by atoms with van der Waals surface area (Å²) in [4.78, 5) is 24.1. The van der Waals surface area contributed by atoms with Gasteiger partial charge in [-0.2, -0.15) is 0 Å². The molecule has 23 heavy (non-hydrogen) atoms. The fourth-order valence-electron chi connectivity index (χ4n) is 1.68. The fourth-order valence-corrected chi connectivity index (χ4v) is 2.97. The van der Waals surface area contributed by atoms with Crippen LogP contribution in [0.5, 0.6) is 0 Å². The lowest BCUT2D eigenvalue weighted by molar-refractivity contribution is -0.139. The highest BCUT2D eigenvalue weighted by molar-refractivity contribution is 8.00. The van der Waals surface area contributed by atoms with Gasteiger partial charge in [0.15, 0.2) is 6.61 Å². The van der Waals surface area contributed by atoms with Crippen LogP contribution in [-0.4, -0.2) is 24.1 Å². The summed E-state index contributed by atoms with van der Waals surface area (Å²) in [6.45, 7) is -0.510. The SMILES string of the molecule is O=C(CSc1cc(Cl)ccc1Cl)OCC(=O)c1ccccc1F. The summed E-state index contributed by atoms with van der Waals surface area (Å²) in [6.07, 6.45) is 0. The van der Waals surface area contributed by atoms with Crippen LogP contribution in [0.4, 0.5) is 4.39 Å². The van der Waals surface area contributed by atoms with Crippen LogP contribution >= 0.6 is 35.0 Å². The second kappa shape index (κ2) is 8.34. The first-order valence-electron chi connectivity index (χ1n) is 6.48. The van der Waals surface area contributed by atoms with Crippen LogP contribution in [-0.2, 0) is 9.53 Å². The van der Waals surface area contributed by atoms with Crippen molar-refractivity contribution in [3.63, 3.8) is 0 Å². The van der Waals surface area contributed by atoms with E-state index in [1.54, 1.807) is 18.2 Å². The van der Waals surface area contributed by atoms with Gasteiger partial charge in [0.1, 0.15) is 5.82 Å². The molecule has 0 saturated carbocycles. The first-order chi connectivity index (χ1) is 11.0. The minimum atomic E-state index is -0.645. The van der Waals surface area contributed by atoms with E-state index < -0.39 is 24.2 Å². The van der Waals surface area contributed by atoms with Crippen molar-refractivity contribution in [1.82, 2.24) is 0 Å². The van der Waals surface area contributed by atoms with Gasteiger partial charge in [-0.05, 0) is 30.3 Å². The quantitative estimate of drug-likeness (QED) is 0.420. The monoisotopic (exact) mass is 372 g/mol. The highest BCUT2D eigenvalue weighted by atomic mass is 35.5. The molecule has 2 aromatic rings. The van der Waals surface area contributed by atoms with Gasteiger partial charge in [0.25, 0.3) is 0 Å². The third kappa shape index (κ3) is 5.23. The predicted octanol–water partition coefficient (Wildman–Crippen LogP) is 4.65. The Labute approximate surface area is 146 Å². The highest BCUT2D eigenvalue weighted by Crippen LogP contribution is 2.29. The Morgan fingerprint density at radius 1 is 1.13 bits per heavy atom. The molecule has 0 saturated heterocycles. The van der Waals surface area contributed by atoms with E-state index in [0.717, 1.165) is 11.8 Å². The number of hydrogen-bond donors (Lipinski definition) is 0. The lowest BCUT2D eigenvalue weighted by atomic mass is 10.1. The summed E-state index contributed by atoms with van der Waals surface area (Å²) in [5.74, 6) is -1.88. The van der Waals surface area contributed by atoms with E-state index in [9.17, 15) is 14.0 Å². The molecule has 7 heteroatoms. The Morgan fingerprint density at radius 2 is 1.87 bits per heavy atom. The molecule has 0 aliphatic carbocycles. The van der Waals surface area contributed by atoms with Gasteiger partial charge in [-0.3, -0.25) is 9.59 Å². The van der Waals surface area contributed by atoms with Gasteiger partial charge in [0.2, 0.25) is 5.78 Å². The van der Waals surface area contributed by atoms with Gasteiger partial charge in [-0.15, -0.1) is 11.8 Å². The molecule has 0 aliphatic rings. The average Bonchev–Trinajstić information content (AvgIpc) is 2.54. The third-order valence-electron chi connectivity index (χ3n) is 2.78. The maximum atomic E-state index is 13.4. The van der Waals surface area contributed by atoms with Crippen molar-refractivity contribution in [3.05, 3.63) is 63.9 Å². The number of carbonyl (C=O) groups excluding carboxylic acids is 2. The Morgan fingerprint density at radius 3 is 2.61 bits per heavy atom. The summed E-state index contributed by atoms with van der Waals surface area (Å²) >= 11 is 13.0. The van der Waals surface area contributed by atoms with E-state index in [1.165, 1.54) is 24.3 Å². The number of esters is 1. The van der Waals surface area contributed by atoms with Crippen LogP contribution in [0.2, 0.25) is 10.0 Å². The minimum Gasteiger partial charge on any atom is -0.457 e. The summed E-state index contributed by atoms with van der Waals surface area (Å²) in [5.41, 5.74) is -0.106. The molecule has 0 bridgehead atoms. The van der Waals surface area contributed by atoms with Crippen LogP contribution in [0.3, 0.4) is 0 Å². The molecule has 0 aliphatic heterocycles. The normalized spacial score (nSPS) is 10.4. The molecule has 0 N–H and O–H groups in total. The molecule has 0 radical (unpaired) electrons. The van der Waals surface area contributed by atoms with E-state index in [-0.39, 0.29) is 11.3 Å². The Hall–Kier alpha value is -1.56. The number of hydrogen-bond acceptors (Lipinski definition) is 4. The fraction of sp³-hybridized carbons (Fsp3) is 0.125. The summed E-state index contributed by atoms with van der Waals surface area (Å²) in [7, 11) is 0. The third-order valence-corrected chi connectivity index (χ3v) is 4.48. The number of thioether (sulfide) groups is 1. The zero-order valence-corrected chi connectivity index (χ0v) is 14.1. The van der Waals surface area contributed by atoms with E-state index in [0.29, 0.717) is 14.9 Å². The number of rotatable bonds is 6. The molecule has 0 spiro atoms. The van der Waals surface area contributed by atoms with Gasteiger partial charge in [-0.25, -0.2) is 4.39 Å². The first-order valence-corrected chi connectivity index (χ1v) is 8.22. The molecule has 2 aromatic carbocycles. The van der Waals surface area contributed by atoms with E-state index in [4.69, 9.17) is 27.9 Å². The predicted molar refractivity (Wildman–Crippen MR) is 88.9 cm³/mol. The zero-order chi connectivity index (χ0) is 16.8. The number of ketones is 1. The van der Waals surface area contributed by atoms with Crippen LogP contribution in [0.25, 0.3) is 0 Å². The van der Waals surface area contributed by atoms with Crippen molar-refractivity contribution in [2.75, 3.05) is 12.4 Å². The van der Waals surface area contributed by atoms with Crippen LogP contribution < -0.4 is 0 Å². The number of carbonyl (C=O) groups is 2. The second-order valence-corrected chi connectivity index (χ2v) is 6.29. The molecule has 120 valence electrons. The average molecular weight is 373 g/mol. The minimum absolute atomic E-state index is 0.0371. The van der Waals surface area contributed by atoms with E-state index >= 15 is 0 Å². The van der Waals surface area contributed by atoms with E-state index in [2.05, 4.69) is 0 Å². The van der Waals surface area contributed by atoms with Gasteiger partial charge >= 0.3 is 5.97 Å². The molecule has 0 atom stereocenters. The summed E-state index contributed by atoms with van der Waals surface area (Å²) in [5, 5.41) is 0.967. The lowest BCUT2D eigenvalue weighted by Gasteiger charge is -2.06. The summed E-state index contributed by atoms with van der Waals surface area (Å²) < 4.78 is 18.3. The number of ether oxygens (including phenoxy) is 1. The largest absolute Gasteiger partial charge is 0.457 e. The molecular weight excluding hydrogens is 362 g/mol. The van der Waals surface area contributed by atoms with Crippen LogP contribution in [0, 0.1) is 5.82 Å². The Balaban J connectivity index is 1.85. The standard InChI is InChI=1S/C16H11Cl2FO3S/c17-10-5-6-12(18)15(7-10)23-9-16(21)22-8-14(20)11-3-1-2-4-13(11)19/h1-7H,8-9H2. The van der Waals surface area contributed by atoms with Gasteiger partial charge in [-0.1, -0.05) is 35.3 Å². The lowest BCUT2D eigenvalue weighted by Crippen LogP contribution is -2.16. The van der Waals surface area contributed by atoms with Crippen LogP contribution in [0.1, 0.15) is 10.4 Å². The zero-order valence-electron chi connectivity index (χ0n) is 11.7. The molecule has 0 fully saturated rings. The maximum absolute atomic E-state index is 13.4. The van der Waals surface area contributed by atoms with Gasteiger partial charge < -0.3 is 4.74 Å². The topological polar surface area (TPSA) is 43.4 Å². The number of Topliss-reactive ketones (excluding diaryl/α,β-unsaturated/α-hetero) is 1. The van der Waals surface area contributed by atoms with Gasteiger partial charge in [0, 0.05) is 9.92 Å². The van der Waals surface area contributed by atoms with Gasteiger partial charge in [0.05, 0.1) is 16.3 Å². The Kier molecular flexibility index (Phi) is 6.45. The molecule has 3 nitrogen and oxygen atoms in total.